The average molecular weight is 371 g/mol. The summed E-state index contributed by atoms with van der Waals surface area (Å²) in [7, 11) is 1.86. The molecule has 0 atom stereocenters. The number of thiophene rings is 1. The van der Waals surface area contributed by atoms with Gasteiger partial charge >= 0.3 is 0 Å². The molecular weight excluding hydrogens is 356 g/mol. The zero-order chi connectivity index (χ0) is 17.6. The Morgan fingerprint density at radius 1 is 1.24 bits per heavy atom. The predicted octanol–water partition coefficient (Wildman–Crippen LogP) is 3.87. The molecule has 0 aliphatic rings. The first-order valence-corrected chi connectivity index (χ1v) is 8.94. The summed E-state index contributed by atoms with van der Waals surface area (Å²) >= 11 is 7.53. The highest BCUT2D eigenvalue weighted by atomic mass is 35.5. The number of benzene rings is 1. The summed E-state index contributed by atoms with van der Waals surface area (Å²) in [6.45, 7) is 2.46. The molecule has 5 nitrogen and oxygen atoms in total. The smallest absolute Gasteiger partial charge is 0.263 e. The maximum atomic E-state index is 13.1. The fourth-order valence-electron chi connectivity index (χ4n) is 2.96. The average Bonchev–Trinajstić information content (AvgIpc) is 3.14. The molecule has 3 aromatic heterocycles. The van der Waals surface area contributed by atoms with Crippen molar-refractivity contribution in [1.82, 2.24) is 19.3 Å². The minimum Gasteiger partial charge on any atom is -0.294 e. The first-order valence-electron chi connectivity index (χ1n) is 7.75. The summed E-state index contributed by atoms with van der Waals surface area (Å²) in [5.41, 5.74) is 2.84. The van der Waals surface area contributed by atoms with Gasteiger partial charge in [0.15, 0.2) is 0 Å². The maximum absolute atomic E-state index is 13.1. The summed E-state index contributed by atoms with van der Waals surface area (Å²) in [6.07, 6.45) is 5.27. The molecule has 0 fully saturated rings. The van der Waals surface area contributed by atoms with E-state index in [-0.39, 0.29) is 5.56 Å². The zero-order valence-corrected chi connectivity index (χ0v) is 15.3. The van der Waals surface area contributed by atoms with Gasteiger partial charge in [0.1, 0.15) is 4.83 Å². The van der Waals surface area contributed by atoms with E-state index in [1.807, 2.05) is 44.4 Å². The quantitative estimate of drug-likeness (QED) is 0.550. The summed E-state index contributed by atoms with van der Waals surface area (Å²) in [5, 5.41) is 5.49. The molecular formula is C18H15ClN4OS. The third-order valence-corrected chi connectivity index (χ3v) is 5.36. The number of rotatable bonds is 3. The molecule has 0 aliphatic heterocycles. The van der Waals surface area contributed by atoms with E-state index in [4.69, 9.17) is 11.6 Å². The number of halogens is 1. The fourth-order valence-corrected chi connectivity index (χ4v) is 4.09. The Morgan fingerprint density at radius 2 is 2.00 bits per heavy atom. The third kappa shape index (κ3) is 2.88. The summed E-state index contributed by atoms with van der Waals surface area (Å²) < 4.78 is 3.35. The largest absolute Gasteiger partial charge is 0.294 e. The Balaban J connectivity index is 1.89. The lowest BCUT2D eigenvalue weighted by Crippen LogP contribution is -2.20. The molecule has 1 aromatic carbocycles. The Bertz CT molecular complexity index is 1120. The van der Waals surface area contributed by atoms with Crippen LogP contribution in [0.5, 0.6) is 0 Å². The maximum Gasteiger partial charge on any atom is 0.263 e. The molecule has 0 radical (unpaired) electrons. The van der Waals surface area contributed by atoms with Crippen LogP contribution in [0.3, 0.4) is 0 Å². The number of hydrogen-bond acceptors (Lipinski definition) is 4. The van der Waals surface area contributed by atoms with Gasteiger partial charge in [-0.1, -0.05) is 23.7 Å². The number of aryl methyl sites for hydroxylation is 2. The van der Waals surface area contributed by atoms with Crippen LogP contribution < -0.4 is 5.56 Å². The van der Waals surface area contributed by atoms with Gasteiger partial charge < -0.3 is 0 Å². The van der Waals surface area contributed by atoms with E-state index in [9.17, 15) is 4.79 Å². The third-order valence-electron chi connectivity index (χ3n) is 4.10. The molecule has 0 N–H and O–H groups in total. The van der Waals surface area contributed by atoms with Crippen LogP contribution in [0.2, 0.25) is 5.02 Å². The second kappa shape index (κ2) is 6.13. The van der Waals surface area contributed by atoms with Gasteiger partial charge in [-0.3, -0.25) is 14.0 Å². The van der Waals surface area contributed by atoms with Gasteiger partial charge in [-0.05, 0) is 24.6 Å². The molecule has 3 heterocycles. The van der Waals surface area contributed by atoms with E-state index in [1.54, 1.807) is 21.8 Å². The Kier molecular flexibility index (Phi) is 3.94. The van der Waals surface area contributed by atoms with Crippen LogP contribution in [0.15, 0.2) is 47.8 Å². The van der Waals surface area contributed by atoms with Gasteiger partial charge in [0.2, 0.25) is 0 Å². The molecule has 0 spiro atoms. The number of fused-ring (bicyclic) bond motifs is 1. The van der Waals surface area contributed by atoms with Crippen molar-refractivity contribution >= 4 is 33.2 Å². The van der Waals surface area contributed by atoms with Gasteiger partial charge in [-0.25, -0.2) is 4.98 Å². The highest BCUT2D eigenvalue weighted by Gasteiger charge is 2.17. The van der Waals surface area contributed by atoms with E-state index in [0.29, 0.717) is 17.0 Å². The molecule has 4 aromatic rings. The summed E-state index contributed by atoms with van der Waals surface area (Å²) in [4.78, 5) is 19.4. The molecule has 0 amide bonds. The van der Waals surface area contributed by atoms with Crippen molar-refractivity contribution in [2.45, 2.75) is 13.5 Å². The Labute approximate surface area is 153 Å². The van der Waals surface area contributed by atoms with E-state index in [2.05, 4.69) is 10.1 Å². The van der Waals surface area contributed by atoms with Crippen molar-refractivity contribution in [3.05, 3.63) is 68.8 Å². The van der Waals surface area contributed by atoms with Crippen LogP contribution >= 0.6 is 22.9 Å². The van der Waals surface area contributed by atoms with Crippen LogP contribution in [0.25, 0.3) is 21.3 Å². The predicted molar refractivity (Wildman–Crippen MR) is 101 cm³/mol. The second-order valence-electron chi connectivity index (χ2n) is 5.92. The molecule has 126 valence electrons. The van der Waals surface area contributed by atoms with E-state index in [0.717, 1.165) is 26.4 Å². The molecule has 25 heavy (non-hydrogen) atoms. The number of hydrogen-bond donors (Lipinski definition) is 0. The molecule has 7 heteroatoms. The van der Waals surface area contributed by atoms with Gasteiger partial charge in [-0.2, -0.15) is 5.10 Å². The molecule has 0 unspecified atom stereocenters. The summed E-state index contributed by atoms with van der Waals surface area (Å²) in [5.74, 6) is 0. The van der Waals surface area contributed by atoms with Crippen LogP contribution in [0.4, 0.5) is 0 Å². The molecule has 4 rings (SSSR count). The first kappa shape index (κ1) is 16.1. The van der Waals surface area contributed by atoms with E-state index in [1.165, 1.54) is 11.3 Å². The fraction of sp³-hybridized carbons (Fsp3) is 0.167. The van der Waals surface area contributed by atoms with Gasteiger partial charge in [0.05, 0.1) is 24.5 Å². The number of nitrogens with zero attached hydrogens (tertiary/aromatic N) is 4. The molecule has 0 aliphatic carbocycles. The topological polar surface area (TPSA) is 52.7 Å². The molecule has 0 saturated carbocycles. The van der Waals surface area contributed by atoms with Crippen molar-refractivity contribution in [2.75, 3.05) is 0 Å². The highest BCUT2D eigenvalue weighted by Crippen LogP contribution is 2.35. The van der Waals surface area contributed by atoms with Crippen molar-refractivity contribution in [1.29, 1.82) is 0 Å². The molecule has 0 bridgehead atoms. The monoisotopic (exact) mass is 370 g/mol. The minimum absolute atomic E-state index is 0.0387. The zero-order valence-electron chi connectivity index (χ0n) is 13.7. The van der Waals surface area contributed by atoms with Crippen LogP contribution in [0, 0.1) is 6.92 Å². The van der Waals surface area contributed by atoms with Crippen molar-refractivity contribution in [3.63, 3.8) is 0 Å². The normalized spacial score (nSPS) is 11.3. The second-order valence-corrected chi connectivity index (χ2v) is 7.56. The van der Waals surface area contributed by atoms with Crippen LogP contribution in [0.1, 0.15) is 10.4 Å². The van der Waals surface area contributed by atoms with Crippen molar-refractivity contribution in [2.24, 2.45) is 7.05 Å². The van der Waals surface area contributed by atoms with Crippen molar-refractivity contribution < 1.29 is 0 Å². The van der Waals surface area contributed by atoms with E-state index < -0.39 is 0 Å². The van der Waals surface area contributed by atoms with E-state index >= 15 is 0 Å². The SMILES string of the molecule is Cc1sc2ncn(Cc3cnn(C)c3)c(=O)c2c1-c1ccc(Cl)cc1. The highest BCUT2D eigenvalue weighted by molar-refractivity contribution is 7.19. The van der Waals surface area contributed by atoms with Crippen molar-refractivity contribution in [3.8, 4) is 11.1 Å². The summed E-state index contributed by atoms with van der Waals surface area (Å²) in [6, 6.07) is 7.55. The lowest BCUT2D eigenvalue weighted by Gasteiger charge is -2.05. The van der Waals surface area contributed by atoms with Gasteiger partial charge in [0.25, 0.3) is 5.56 Å². The first-order chi connectivity index (χ1) is 12.0. The van der Waals surface area contributed by atoms with Crippen LogP contribution in [-0.2, 0) is 13.6 Å². The lowest BCUT2D eigenvalue weighted by molar-refractivity contribution is 0.743. The van der Waals surface area contributed by atoms with Crippen LogP contribution in [-0.4, -0.2) is 19.3 Å². The van der Waals surface area contributed by atoms with Gasteiger partial charge in [-0.15, -0.1) is 11.3 Å². The Morgan fingerprint density at radius 3 is 2.68 bits per heavy atom. The number of aromatic nitrogens is 4. The standard InChI is InChI=1S/C18H15ClN4OS/c1-11-15(13-3-5-14(19)6-4-13)16-17(25-11)20-10-23(18(16)24)9-12-7-21-22(2)8-12/h3-8,10H,9H2,1-2H3. The molecule has 0 saturated heterocycles. The minimum atomic E-state index is -0.0387. The Hall–Kier alpha value is -2.44. The van der Waals surface area contributed by atoms with Gasteiger partial charge in [0, 0.05) is 34.3 Å². The lowest BCUT2D eigenvalue weighted by atomic mass is 10.0.